The quantitative estimate of drug-likeness (QED) is 0.808. The van der Waals surface area contributed by atoms with E-state index in [9.17, 15) is 0 Å². The lowest BCUT2D eigenvalue weighted by Crippen LogP contribution is -2.44. The topological polar surface area (TPSA) is 69.7 Å². The summed E-state index contributed by atoms with van der Waals surface area (Å²) in [5.74, 6) is 0.951. The molecule has 0 amide bonds. The Morgan fingerprint density at radius 2 is 1.89 bits per heavy atom. The molecule has 1 aliphatic heterocycles. The number of rotatable bonds is 1. The minimum Gasteiger partial charge on any atom is -0.353 e. The number of aromatic amines is 1. The van der Waals surface area contributed by atoms with Crippen molar-refractivity contribution in [3.05, 3.63) is 10.9 Å². The van der Waals surface area contributed by atoms with E-state index in [0.717, 1.165) is 42.0 Å². The molecule has 3 heterocycles. The van der Waals surface area contributed by atoms with Gasteiger partial charge < -0.3 is 10.2 Å². The third kappa shape index (κ3) is 2.69. The van der Waals surface area contributed by atoms with Crippen molar-refractivity contribution in [3.63, 3.8) is 0 Å². The molecular formula is C9H13BrCl2N6. The summed E-state index contributed by atoms with van der Waals surface area (Å²) in [6.45, 7) is 3.90. The summed E-state index contributed by atoms with van der Waals surface area (Å²) in [6, 6.07) is 0. The molecule has 9 heteroatoms. The number of nitrogens with one attached hydrogen (secondary N) is 2. The monoisotopic (exact) mass is 354 g/mol. The smallest absolute Gasteiger partial charge is 0.187 e. The van der Waals surface area contributed by atoms with E-state index in [1.165, 1.54) is 0 Å². The highest BCUT2D eigenvalue weighted by Crippen LogP contribution is 2.28. The van der Waals surface area contributed by atoms with Gasteiger partial charge in [0.25, 0.3) is 0 Å². The van der Waals surface area contributed by atoms with Gasteiger partial charge in [0.2, 0.25) is 0 Å². The Hall–Kier alpha value is -0.630. The van der Waals surface area contributed by atoms with E-state index in [4.69, 9.17) is 0 Å². The molecule has 0 unspecified atom stereocenters. The lowest BCUT2D eigenvalue weighted by molar-refractivity contribution is 0.586. The van der Waals surface area contributed by atoms with Gasteiger partial charge in [0.1, 0.15) is 16.7 Å². The van der Waals surface area contributed by atoms with Crippen molar-refractivity contribution >= 4 is 57.6 Å². The van der Waals surface area contributed by atoms with Gasteiger partial charge in [-0.2, -0.15) is 5.10 Å². The number of halogens is 3. The Bertz CT molecular complexity index is 513. The van der Waals surface area contributed by atoms with Gasteiger partial charge in [0.05, 0.1) is 5.39 Å². The van der Waals surface area contributed by atoms with Crippen molar-refractivity contribution in [2.45, 2.75) is 0 Å². The number of nitrogens with zero attached hydrogens (tertiary/aromatic N) is 4. The molecule has 2 N–H and O–H groups in total. The van der Waals surface area contributed by atoms with Crippen molar-refractivity contribution in [2.24, 2.45) is 0 Å². The maximum absolute atomic E-state index is 4.36. The van der Waals surface area contributed by atoms with Crippen molar-refractivity contribution in [1.82, 2.24) is 25.5 Å². The molecule has 0 aromatic carbocycles. The van der Waals surface area contributed by atoms with Gasteiger partial charge in [0.15, 0.2) is 5.65 Å². The van der Waals surface area contributed by atoms with Gasteiger partial charge >= 0.3 is 0 Å². The van der Waals surface area contributed by atoms with Crippen molar-refractivity contribution < 1.29 is 0 Å². The molecule has 3 rings (SSSR count). The van der Waals surface area contributed by atoms with Gasteiger partial charge in [-0.3, -0.25) is 5.10 Å². The second-order valence-electron chi connectivity index (χ2n) is 3.67. The number of anilines is 1. The predicted octanol–water partition coefficient (Wildman–Crippen LogP) is 1.37. The average molecular weight is 356 g/mol. The molecule has 0 bridgehead atoms. The number of aromatic nitrogens is 4. The van der Waals surface area contributed by atoms with Gasteiger partial charge in [-0.1, -0.05) is 0 Å². The molecule has 6 nitrogen and oxygen atoms in total. The van der Waals surface area contributed by atoms with Crippen LogP contribution in [-0.4, -0.2) is 46.3 Å². The van der Waals surface area contributed by atoms with E-state index in [-0.39, 0.29) is 24.8 Å². The maximum atomic E-state index is 4.36. The van der Waals surface area contributed by atoms with Crippen LogP contribution in [0.25, 0.3) is 11.0 Å². The van der Waals surface area contributed by atoms with Gasteiger partial charge in [-0.25, -0.2) is 9.97 Å². The van der Waals surface area contributed by atoms with E-state index in [0.29, 0.717) is 5.65 Å². The molecule has 2 aromatic rings. The molecule has 18 heavy (non-hydrogen) atoms. The Labute approximate surface area is 125 Å². The zero-order valence-corrected chi connectivity index (χ0v) is 12.6. The van der Waals surface area contributed by atoms with Crippen LogP contribution < -0.4 is 10.2 Å². The summed E-state index contributed by atoms with van der Waals surface area (Å²) >= 11 is 3.44. The zero-order chi connectivity index (χ0) is 11.0. The molecule has 1 aliphatic rings. The highest BCUT2D eigenvalue weighted by Gasteiger charge is 2.18. The molecule has 0 atom stereocenters. The van der Waals surface area contributed by atoms with E-state index in [2.05, 4.69) is 46.3 Å². The summed E-state index contributed by atoms with van der Waals surface area (Å²) in [5.41, 5.74) is 0.704. The Kier molecular flexibility index (Phi) is 5.58. The van der Waals surface area contributed by atoms with Crippen LogP contribution >= 0.6 is 40.7 Å². The molecule has 0 saturated carbocycles. The SMILES string of the molecule is Brc1[nH]nc2ncnc(N3CCNCC3)c12.Cl.Cl. The highest BCUT2D eigenvalue weighted by molar-refractivity contribution is 9.10. The van der Waals surface area contributed by atoms with Gasteiger partial charge in [-0.15, -0.1) is 24.8 Å². The number of hydrogen-bond acceptors (Lipinski definition) is 5. The number of fused-ring (bicyclic) bond motifs is 1. The first kappa shape index (κ1) is 15.4. The fraction of sp³-hybridized carbons (Fsp3) is 0.444. The third-order valence-electron chi connectivity index (χ3n) is 2.70. The molecule has 0 radical (unpaired) electrons. The van der Waals surface area contributed by atoms with Crippen molar-refractivity contribution in [3.8, 4) is 0 Å². The molecule has 1 saturated heterocycles. The summed E-state index contributed by atoms with van der Waals surface area (Å²) in [4.78, 5) is 10.7. The van der Waals surface area contributed by atoms with Gasteiger partial charge in [-0.05, 0) is 15.9 Å². The summed E-state index contributed by atoms with van der Waals surface area (Å²) in [6.07, 6.45) is 1.56. The van der Waals surface area contributed by atoms with E-state index in [1.54, 1.807) is 6.33 Å². The highest BCUT2D eigenvalue weighted by atomic mass is 79.9. The maximum Gasteiger partial charge on any atom is 0.187 e. The fourth-order valence-corrected chi connectivity index (χ4v) is 2.37. The predicted molar refractivity (Wildman–Crippen MR) is 79.0 cm³/mol. The number of hydrogen-bond donors (Lipinski definition) is 2. The molecule has 2 aromatic heterocycles. The van der Waals surface area contributed by atoms with Gasteiger partial charge in [0, 0.05) is 26.2 Å². The normalized spacial score (nSPS) is 15.1. The first-order valence-electron chi connectivity index (χ1n) is 5.16. The largest absolute Gasteiger partial charge is 0.353 e. The molecule has 0 spiro atoms. The molecule has 100 valence electrons. The van der Waals surface area contributed by atoms with Crippen LogP contribution in [0, 0.1) is 0 Å². The van der Waals surface area contributed by atoms with Crippen LogP contribution in [0.5, 0.6) is 0 Å². The minimum atomic E-state index is 0. The van der Waals surface area contributed by atoms with Crippen LogP contribution in [0.2, 0.25) is 0 Å². The van der Waals surface area contributed by atoms with Crippen molar-refractivity contribution in [2.75, 3.05) is 31.1 Å². The first-order chi connectivity index (χ1) is 7.86. The second kappa shape index (κ2) is 6.51. The van der Waals surface area contributed by atoms with Crippen LogP contribution in [-0.2, 0) is 0 Å². The first-order valence-corrected chi connectivity index (χ1v) is 5.96. The minimum absolute atomic E-state index is 0. The zero-order valence-electron chi connectivity index (χ0n) is 9.39. The summed E-state index contributed by atoms with van der Waals surface area (Å²) in [7, 11) is 0. The number of H-pyrrole nitrogens is 1. The Morgan fingerprint density at radius 1 is 1.17 bits per heavy atom. The second-order valence-corrected chi connectivity index (χ2v) is 4.46. The molecule has 0 aliphatic carbocycles. The summed E-state index contributed by atoms with van der Waals surface area (Å²) < 4.78 is 0.844. The van der Waals surface area contributed by atoms with E-state index < -0.39 is 0 Å². The standard InChI is InChI=1S/C9H11BrN6.2ClH/c10-7-6-8(15-14-7)12-5-13-9(6)16-3-1-11-2-4-16;;/h5,11H,1-4H2,(H,12,13,14,15);2*1H. The fourth-order valence-electron chi connectivity index (χ4n) is 1.92. The van der Waals surface area contributed by atoms with E-state index >= 15 is 0 Å². The van der Waals surface area contributed by atoms with Crippen LogP contribution in [0.15, 0.2) is 10.9 Å². The lowest BCUT2D eigenvalue weighted by atomic mass is 10.3. The number of piperazine rings is 1. The van der Waals surface area contributed by atoms with Crippen molar-refractivity contribution in [1.29, 1.82) is 0 Å². The Morgan fingerprint density at radius 3 is 2.61 bits per heavy atom. The average Bonchev–Trinajstić information content (AvgIpc) is 2.73. The Balaban J connectivity index is 0.000000810. The molecule has 1 fully saturated rings. The summed E-state index contributed by atoms with van der Waals surface area (Å²) in [5, 5.41) is 11.3. The van der Waals surface area contributed by atoms with Crippen LogP contribution in [0.4, 0.5) is 5.82 Å². The van der Waals surface area contributed by atoms with Crippen LogP contribution in [0.3, 0.4) is 0 Å². The van der Waals surface area contributed by atoms with Crippen LogP contribution in [0.1, 0.15) is 0 Å². The van der Waals surface area contributed by atoms with E-state index in [1.807, 2.05) is 0 Å². The molecular weight excluding hydrogens is 343 g/mol. The lowest BCUT2D eigenvalue weighted by Gasteiger charge is -2.28. The third-order valence-corrected chi connectivity index (χ3v) is 3.28.